The van der Waals surface area contributed by atoms with Crippen LogP contribution in [0.5, 0.6) is 5.75 Å². The Balaban J connectivity index is 2.91. The van der Waals surface area contributed by atoms with Gasteiger partial charge in [0.05, 0.1) is 6.10 Å². The molecule has 0 aliphatic heterocycles. The van der Waals surface area contributed by atoms with Crippen LogP contribution in [0.4, 0.5) is 4.39 Å². The maximum atomic E-state index is 12.8. The van der Waals surface area contributed by atoms with Gasteiger partial charge in [0.2, 0.25) is 0 Å². The van der Waals surface area contributed by atoms with E-state index in [2.05, 4.69) is 12.6 Å². The summed E-state index contributed by atoms with van der Waals surface area (Å²) < 4.78 is 12.8. The van der Waals surface area contributed by atoms with E-state index < -0.39 is 23.8 Å². The van der Waals surface area contributed by atoms with Crippen molar-refractivity contribution >= 4 is 12.6 Å². The highest BCUT2D eigenvalue weighted by Crippen LogP contribution is 2.23. The molecule has 1 aromatic carbocycles. The fourth-order valence-electron chi connectivity index (χ4n) is 1.03. The first kappa shape index (κ1) is 11.3. The third kappa shape index (κ3) is 2.37. The van der Waals surface area contributed by atoms with Crippen molar-refractivity contribution in [2.45, 2.75) is 12.2 Å². The third-order valence-electron chi connectivity index (χ3n) is 1.86. The second-order valence-corrected chi connectivity index (χ2v) is 3.27. The number of thiol groups is 1. The lowest BCUT2D eigenvalue weighted by Crippen LogP contribution is -2.19. The number of hydrogen-bond donors (Lipinski definition) is 4. The summed E-state index contributed by atoms with van der Waals surface area (Å²) in [5.41, 5.74) is 0.210. The van der Waals surface area contributed by atoms with Gasteiger partial charge in [-0.1, -0.05) is 6.07 Å². The molecule has 2 unspecified atom stereocenters. The Morgan fingerprint density at radius 1 is 1.36 bits per heavy atom. The number of benzene rings is 1. The third-order valence-corrected chi connectivity index (χ3v) is 2.24. The fraction of sp³-hybridized carbons (Fsp3) is 0.333. The van der Waals surface area contributed by atoms with Crippen molar-refractivity contribution in [1.29, 1.82) is 0 Å². The minimum Gasteiger partial charge on any atom is -0.505 e. The van der Waals surface area contributed by atoms with Gasteiger partial charge in [0.25, 0.3) is 0 Å². The molecule has 0 amide bonds. The number of phenolic OH excluding ortho intramolecular Hbond substituents is 1. The number of halogens is 1. The lowest BCUT2D eigenvalue weighted by atomic mass is 10.1. The predicted octanol–water partition coefficient (Wildman–Crippen LogP) is 0.855. The Hall–Kier alpha value is -0.780. The Morgan fingerprint density at radius 3 is 2.50 bits per heavy atom. The molecule has 0 fully saturated rings. The van der Waals surface area contributed by atoms with E-state index in [0.29, 0.717) is 0 Å². The van der Waals surface area contributed by atoms with Gasteiger partial charge in [-0.2, -0.15) is 12.6 Å². The van der Waals surface area contributed by atoms with Gasteiger partial charge in [0.15, 0.2) is 11.6 Å². The van der Waals surface area contributed by atoms with E-state index in [-0.39, 0.29) is 11.3 Å². The van der Waals surface area contributed by atoms with Gasteiger partial charge >= 0.3 is 0 Å². The molecule has 0 aromatic heterocycles. The Kier molecular flexibility index (Phi) is 3.74. The van der Waals surface area contributed by atoms with E-state index in [9.17, 15) is 14.6 Å². The predicted molar refractivity (Wildman–Crippen MR) is 52.9 cm³/mol. The van der Waals surface area contributed by atoms with Crippen LogP contribution in [0.15, 0.2) is 18.2 Å². The summed E-state index contributed by atoms with van der Waals surface area (Å²) in [7, 11) is 0. The van der Waals surface area contributed by atoms with Crippen LogP contribution in [0.2, 0.25) is 0 Å². The van der Waals surface area contributed by atoms with Crippen LogP contribution in [-0.4, -0.2) is 27.2 Å². The summed E-state index contributed by atoms with van der Waals surface area (Å²) in [5.74, 6) is -1.24. The van der Waals surface area contributed by atoms with E-state index in [4.69, 9.17) is 5.11 Å². The van der Waals surface area contributed by atoms with Crippen LogP contribution in [-0.2, 0) is 0 Å². The molecule has 0 saturated carbocycles. The topological polar surface area (TPSA) is 60.7 Å². The molecule has 1 rings (SSSR count). The second kappa shape index (κ2) is 4.63. The monoisotopic (exact) mass is 218 g/mol. The lowest BCUT2D eigenvalue weighted by molar-refractivity contribution is 0.0335. The molecular formula is C9H11FO3S. The lowest BCUT2D eigenvalue weighted by Gasteiger charge is -2.16. The van der Waals surface area contributed by atoms with Crippen LogP contribution in [0.1, 0.15) is 11.7 Å². The van der Waals surface area contributed by atoms with Gasteiger partial charge in [0, 0.05) is 5.75 Å². The van der Waals surface area contributed by atoms with E-state index >= 15 is 0 Å². The first-order chi connectivity index (χ1) is 6.56. The van der Waals surface area contributed by atoms with Gasteiger partial charge in [-0.05, 0) is 17.7 Å². The Morgan fingerprint density at radius 2 is 2.00 bits per heavy atom. The highest BCUT2D eigenvalue weighted by molar-refractivity contribution is 7.80. The summed E-state index contributed by atoms with van der Waals surface area (Å²) in [6, 6.07) is 3.45. The molecule has 1 aromatic rings. The summed E-state index contributed by atoms with van der Waals surface area (Å²) in [6.45, 7) is 0. The van der Waals surface area contributed by atoms with E-state index in [1.54, 1.807) is 0 Å². The quantitative estimate of drug-likeness (QED) is 0.569. The first-order valence-corrected chi connectivity index (χ1v) is 4.65. The maximum absolute atomic E-state index is 12.8. The highest BCUT2D eigenvalue weighted by Gasteiger charge is 2.17. The normalized spacial score (nSPS) is 15.1. The number of aliphatic hydroxyl groups excluding tert-OH is 2. The molecule has 78 valence electrons. The van der Waals surface area contributed by atoms with Crippen molar-refractivity contribution in [3.63, 3.8) is 0 Å². The van der Waals surface area contributed by atoms with Crippen LogP contribution in [0.3, 0.4) is 0 Å². The second-order valence-electron chi connectivity index (χ2n) is 2.91. The molecule has 0 bridgehead atoms. The minimum absolute atomic E-state index is 0.0731. The van der Waals surface area contributed by atoms with E-state index in [0.717, 1.165) is 12.1 Å². The standard InChI is InChI=1S/C9H11FO3S/c10-6-3-5(1-2-7(6)11)9(13)8(12)4-14/h1-3,8-9,11-14H,4H2. The summed E-state index contributed by atoms with van der Waals surface area (Å²) in [4.78, 5) is 0. The number of phenols is 1. The van der Waals surface area contributed by atoms with E-state index in [1.165, 1.54) is 6.07 Å². The fourth-order valence-corrected chi connectivity index (χ4v) is 1.23. The van der Waals surface area contributed by atoms with Crippen molar-refractivity contribution in [3.8, 4) is 5.75 Å². The number of aromatic hydroxyl groups is 1. The zero-order chi connectivity index (χ0) is 10.7. The van der Waals surface area contributed by atoms with Crippen LogP contribution >= 0.6 is 12.6 Å². The van der Waals surface area contributed by atoms with E-state index in [1.807, 2.05) is 0 Å². The van der Waals surface area contributed by atoms with Crippen molar-refractivity contribution < 1.29 is 19.7 Å². The van der Waals surface area contributed by atoms with Crippen LogP contribution < -0.4 is 0 Å². The first-order valence-electron chi connectivity index (χ1n) is 4.01. The molecule has 14 heavy (non-hydrogen) atoms. The molecule has 3 nitrogen and oxygen atoms in total. The molecule has 0 radical (unpaired) electrons. The molecule has 5 heteroatoms. The molecule has 0 heterocycles. The Bertz CT molecular complexity index is 319. The molecular weight excluding hydrogens is 207 g/mol. The minimum atomic E-state index is -1.19. The summed E-state index contributed by atoms with van der Waals surface area (Å²) in [6.07, 6.45) is -2.25. The molecule has 2 atom stereocenters. The number of hydrogen-bond acceptors (Lipinski definition) is 4. The largest absolute Gasteiger partial charge is 0.505 e. The van der Waals surface area contributed by atoms with Gasteiger partial charge < -0.3 is 15.3 Å². The van der Waals surface area contributed by atoms with Gasteiger partial charge in [-0.25, -0.2) is 4.39 Å². The van der Waals surface area contributed by atoms with Crippen molar-refractivity contribution in [3.05, 3.63) is 29.6 Å². The van der Waals surface area contributed by atoms with Crippen molar-refractivity contribution in [2.75, 3.05) is 5.75 Å². The zero-order valence-electron chi connectivity index (χ0n) is 7.26. The molecule has 0 spiro atoms. The summed E-state index contributed by atoms with van der Waals surface area (Å²) in [5, 5.41) is 27.6. The number of aliphatic hydroxyl groups is 2. The molecule has 0 saturated heterocycles. The number of rotatable bonds is 3. The van der Waals surface area contributed by atoms with Crippen molar-refractivity contribution in [1.82, 2.24) is 0 Å². The molecule has 3 N–H and O–H groups in total. The Labute approximate surface area is 86.2 Å². The smallest absolute Gasteiger partial charge is 0.165 e. The average Bonchev–Trinajstić information content (AvgIpc) is 2.20. The summed E-state index contributed by atoms with van der Waals surface area (Å²) >= 11 is 3.80. The van der Waals surface area contributed by atoms with Crippen molar-refractivity contribution in [2.24, 2.45) is 0 Å². The van der Waals surface area contributed by atoms with Gasteiger partial charge in [-0.3, -0.25) is 0 Å². The van der Waals surface area contributed by atoms with Crippen LogP contribution in [0.25, 0.3) is 0 Å². The highest BCUT2D eigenvalue weighted by atomic mass is 32.1. The van der Waals surface area contributed by atoms with Gasteiger partial charge in [0.1, 0.15) is 6.10 Å². The maximum Gasteiger partial charge on any atom is 0.165 e. The SMILES string of the molecule is Oc1ccc(C(O)C(O)CS)cc1F. The average molecular weight is 218 g/mol. The molecule has 0 aliphatic rings. The zero-order valence-corrected chi connectivity index (χ0v) is 8.16. The van der Waals surface area contributed by atoms with Crippen LogP contribution in [0, 0.1) is 5.82 Å². The molecule has 0 aliphatic carbocycles. The van der Waals surface area contributed by atoms with Gasteiger partial charge in [-0.15, -0.1) is 0 Å².